The summed E-state index contributed by atoms with van der Waals surface area (Å²) in [6.45, 7) is 3.23. The molecule has 22 heavy (non-hydrogen) atoms. The molecule has 0 atom stereocenters. The van der Waals surface area contributed by atoms with E-state index >= 15 is 0 Å². The van der Waals surface area contributed by atoms with Crippen LogP contribution in [-0.4, -0.2) is 35.7 Å². The molecule has 0 aliphatic rings. The second kappa shape index (κ2) is 8.55. The Morgan fingerprint density at radius 2 is 2.18 bits per heavy atom. The van der Waals surface area contributed by atoms with Crippen molar-refractivity contribution in [1.29, 1.82) is 0 Å². The fraction of sp³-hybridized carbons (Fsp3) is 0.357. The highest BCUT2D eigenvalue weighted by Gasteiger charge is 2.04. The largest absolute Gasteiger partial charge is 0.475 e. The maximum atomic E-state index is 11.6. The fourth-order valence-electron chi connectivity index (χ4n) is 1.65. The van der Waals surface area contributed by atoms with E-state index in [9.17, 15) is 4.79 Å². The minimum atomic E-state index is -0.232. The third kappa shape index (κ3) is 5.50. The molecule has 0 bridgehead atoms. The van der Waals surface area contributed by atoms with Crippen LogP contribution in [0.5, 0.6) is 5.88 Å². The summed E-state index contributed by atoms with van der Waals surface area (Å²) < 4.78 is 5.37. The van der Waals surface area contributed by atoms with Crippen LogP contribution in [0.15, 0.2) is 24.5 Å². The van der Waals surface area contributed by atoms with Gasteiger partial charge >= 0.3 is 6.03 Å². The summed E-state index contributed by atoms with van der Waals surface area (Å²) in [4.78, 5) is 21.0. The summed E-state index contributed by atoms with van der Waals surface area (Å²) in [5.41, 5.74) is 0. The van der Waals surface area contributed by atoms with Gasteiger partial charge in [0.2, 0.25) is 5.88 Å². The van der Waals surface area contributed by atoms with Crippen LogP contribution in [0.2, 0.25) is 5.02 Å². The number of carbonyl (C=O) groups is 1. The zero-order valence-electron chi connectivity index (χ0n) is 12.1. The number of hydrogen-bond acceptors (Lipinski definition) is 5. The number of urea groups is 1. The number of hydrogen-bond donors (Lipinski definition) is 2. The van der Waals surface area contributed by atoms with Crippen molar-refractivity contribution in [2.75, 3.05) is 19.7 Å². The van der Waals surface area contributed by atoms with Gasteiger partial charge in [0, 0.05) is 30.2 Å². The number of thiazole rings is 1. The highest BCUT2D eigenvalue weighted by Crippen LogP contribution is 2.19. The van der Waals surface area contributed by atoms with Gasteiger partial charge in [0.1, 0.15) is 11.6 Å². The summed E-state index contributed by atoms with van der Waals surface area (Å²) in [7, 11) is 0. The molecule has 2 rings (SSSR count). The topological polar surface area (TPSA) is 76.1 Å². The van der Waals surface area contributed by atoms with Crippen LogP contribution in [0.25, 0.3) is 0 Å². The van der Waals surface area contributed by atoms with Crippen molar-refractivity contribution in [2.45, 2.75) is 13.3 Å². The quantitative estimate of drug-likeness (QED) is 0.759. The van der Waals surface area contributed by atoms with E-state index in [1.54, 1.807) is 29.7 Å². The van der Waals surface area contributed by atoms with Gasteiger partial charge in [-0.3, -0.25) is 0 Å². The third-order valence-electron chi connectivity index (χ3n) is 2.64. The van der Waals surface area contributed by atoms with Gasteiger partial charge in [-0.25, -0.2) is 14.8 Å². The molecule has 2 amide bonds. The van der Waals surface area contributed by atoms with Crippen molar-refractivity contribution in [3.8, 4) is 5.88 Å². The van der Waals surface area contributed by atoms with Gasteiger partial charge in [-0.2, -0.15) is 0 Å². The number of nitrogens with zero attached hydrogens (tertiary/aromatic N) is 2. The number of ether oxygens (including phenoxy) is 1. The smallest absolute Gasteiger partial charge is 0.314 e. The highest BCUT2D eigenvalue weighted by atomic mass is 35.5. The van der Waals surface area contributed by atoms with E-state index in [0.717, 1.165) is 11.4 Å². The molecule has 2 heterocycles. The summed E-state index contributed by atoms with van der Waals surface area (Å²) in [6, 6.07) is 3.19. The first kappa shape index (κ1) is 16.5. The van der Waals surface area contributed by atoms with Crippen molar-refractivity contribution in [1.82, 2.24) is 20.6 Å². The lowest BCUT2D eigenvalue weighted by atomic mass is 10.4. The van der Waals surface area contributed by atoms with Crippen LogP contribution >= 0.6 is 22.9 Å². The minimum Gasteiger partial charge on any atom is -0.475 e. The molecule has 8 heteroatoms. The van der Waals surface area contributed by atoms with E-state index in [4.69, 9.17) is 16.3 Å². The number of rotatable bonds is 7. The Morgan fingerprint density at radius 3 is 2.91 bits per heavy atom. The zero-order chi connectivity index (χ0) is 15.8. The van der Waals surface area contributed by atoms with E-state index < -0.39 is 0 Å². The van der Waals surface area contributed by atoms with Gasteiger partial charge in [-0.1, -0.05) is 11.6 Å². The predicted molar refractivity (Wildman–Crippen MR) is 86.7 cm³/mol. The highest BCUT2D eigenvalue weighted by molar-refractivity contribution is 7.11. The molecule has 6 nitrogen and oxygen atoms in total. The van der Waals surface area contributed by atoms with E-state index in [1.807, 2.05) is 13.1 Å². The van der Waals surface area contributed by atoms with Gasteiger partial charge in [0.05, 0.1) is 11.6 Å². The van der Waals surface area contributed by atoms with Gasteiger partial charge in [0.25, 0.3) is 0 Å². The molecule has 0 aliphatic carbocycles. The van der Waals surface area contributed by atoms with Gasteiger partial charge in [0.15, 0.2) is 0 Å². The van der Waals surface area contributed by atoms with E-state index in [0.29, 0.717) is 30.6 Å². The molecule has 0 aromatic carbocycles. The lowest BCUT2D eigenvalue weighted by molar-refractivity contribution is 0.236. The standard InChI is InChI=1S/C14H17ClN4O2S/c1-10-9-19-12(22-10)4-6-17-14(20)18-7-8-21-13-11(15)3-2-5-16-13/h2-3,5,9H,4,6-8H2,1H3,(H2,17,18,20). The number of pyridine rings is 1. The molecule has 118 valence electrons. The number of halogens is 1. The maximum absolute atomic E-state index is 11.6. The van der Waals surface area contributed by atoms with Crippen LogP contribution in [-0.2, 0) is 6.42 Å². The Hall–Kier alpha value is -1.86. The molecular weight excluding hydrogens is 324 g/mol. The van der Waals surface area contributed by atoms with E-state index in [1.165, 1.54) is 4.88 Å². The molecular formula is C14H17ClN4O2S. The van der Waals surface area contributed by atoms with Crippen molar-refractivity contribution < 1.29 is 9.53 Å². The Morgan fingerprint density at radius 1 is 1.36 bits per heavy atom. The normalized spacial score (nSPS) is 10.3. The van der Waals surface area contributed by atoms with Crippen molar-refractivity contribution in [3.63, 3.8) is 0 Å². The second-order valence-electron chi connectivity index (χ2n) is 4.44. The fourth-order valence-corrected chi connectivity index (χ4v) is 2.61. The first-order valence-electron chi connectivity index (χ1n) is 6.81. The average Bonchev–Trinajstić information content (AvgIpc) is 2.91. The van der Waals surface area contributed by atoms with Gasteiger partial charge in [-0.15, -0.1) is 11.3 Å². The van der Waals surface area contributed by atoms with Crippen LogP contribution in [0.1, 0.15) is 9.88 Å². The summed E-state index contributed by atoms with van der Waals surface area (Å²) >= 11 is 7.54. The first-order valence-corrected chi connectivity index (χ1v) is 8.01. The second-order valence-corrected chi connectivity index (χ2v) is 6.16. The van der Waals surface area contributed by atoms with Crippen LogP contribution in [0.3, 0.4) is 0 Å². The van der Waals surface area contributed by atoms with Crippen molar-refractivity contribution >= 4 is 29.0 Å². The zero-order valence-corrected chi connectivity index (χ0v) is 13.7. The van der Waals surface area contributed by atoms with Crippen LogP contribution in [0, 0.1) is 6.92 Å². The molecule has 0 fully saturated rings. The summed E-state index contributed by atoms with van der Waals surface area (Å²) in [5, 5.41) is 6.94. The molecule has 2 N–H and O–H groups in total. The molecule has 2 aromatic heterocycles. The number of nitrogens with one attached hydrogen (secondary N) is 2. The monoisotopic (exact) mass is 340 g/mol. The first-order chi connectivity index (χ1) is 10.6. The number of aryl methyl sites for hydroxylation is 1. The lowest BCUT2D eigenvalue weighted by Crippen LogP contribution is -2.38. The van der Waals surface area contributed by atoms with E-state index in [-0.39, 0.29) is 6.03 Å². The van der Waals surface area contributed by atoms with Crippen LogP contribution in [0.4, 0.5) is 4.79 Å². The number of amides is 2. The molecule has 2 aromatic rings. The van der Waals surface area contributed by atoms with Crippen molar-refractivity contribution in [3.05, 3.63) is 39.4 Å². The molecule has 0 radical (unpaired) electrons. The minimum absolute atomic E-state index is 0.232. The van der Waals surface area contributed by atoms with Crippen LogP contribution < -0.4 is 15.4 Å². The molecule has 0 saturated heterocycles. The molecule has 0 aliphatic heterocycles. The average molecular weight is 341 g/mol. The molecule has 0 unspecified atom stereocenters. The third-order valence-corrected chi connectivity index (χ3v) is 3.90. The summed E-state index contributed by atoms with van der Waals surface area (Å²) in [6.07, 6.45) is 4.16. The Bertz CT molecular complexity index is 620. The lowest BCUT2D eigenvalue weighted by Gasteiger charge is -2.08. The van der Waals surface area contributed by atoms with Gasteiger partial charge in [-0.05, 0) is 19.1 Å². The molecule has 0 spiro atoms. The van der Waals surface area contributed by atoms with E-state index in [2.05, 4.69) is 20.6 Å². The number of carbonyl (C=O) groups excluding carboxylic acids is 1. The van der Waals surface area contributed by atoms with Crippen molar-refractivity contribution in [2.24, 2.45) is 0 Å². The predicted octanol–water partition coefficient (Wildman–Crippen LogP) is 2.42. The molecule has 0 saturated carbocycles. The Labute approximate surface area is 137 Å². The number of aromatic nitrogens is 2. The summed E-state index contributed by atoms with van der Waals surface area (Å²) in [5.74, 6) is 0.366. The van der Waals surface area contributed by atoms with Gasteiger partial charge < -0.3 is 15.4 Å². The Balaban J connectivity index is 1.57. The SMILES string of the molecule is Cc1cnc(CCNC(=O)NCCOc2ncccc2Cl)s1. The maximum Gasteiger partial charge on any atom is 0.314 e. The Kier molecular flexibility index (Phi) is 6.42.